The van der Waals surface area contributed by atoms with Crippen LogP contribution in [-0.2, 0) is 6.42 Å². The van der Waals surface area contributed by atoms with Crippen molar-refractivity contribution in [1.82, 2.24) is 0 Å². The number of halogens is 2. The van der Waals surface area contributed by atoms with Gasteiger partial charge in [0.25, 0.3) is 0 Å². The third kappa shape index (κ3) is 2.84. The topological polar surface area (TPSA) is 20.2 Å². The van der Waals surface area contributed by atoms with Crippen LogP contribution < -0.4 is 0 Å². The summed E-state index contributed by atoms with van der Waals surface area (Å²) in [7, 11) is 0. The van der Waals surface area contributed by atoms with E-state index in [0.717, 1.165) is 11.1 Å². The second-order valence-electron chi connectivity index (χ2n) is 3.79. The standard InChI is InChI=1S/C14H12ClFO/c15-13-3-1-2-10(9-13)11-4-5-14(16)12(8-11)6-7-17/h1-5,8-9,17H,6-7H2. The average Bonchev–Trinajstić information content (AvgIpc) is 2.32. The van der Waals surface area contributed by atoms with Crippen LogP contribution in [0, 0.1) is 5.82 Å². The Morgan fingerprint density at radius 1 is 1.06 bits per heavy atom. The summed E-state index contributed by atoms with van der Waals surface area (Å²) in [5.41, 5.74) is 2.36. The molecule has 0 saturated heterocycles. The van der Waals surface area contributed by atoms with E-state index >= 15 is 0 Å². The van der Waals surface area contributed by atoms with E-state index in [0.29, 0.717) is 17.0 Å². The lowest BCUT2D eigenvalue weighted by Gasteiger charge is -2.06. The molecule has 0 atom stereocenters. The third-order valence-electron chi connectivity index (χ3n) is 2.58. The summed E-state index contributed by atoms with van der Waals surface area (Å²) in [4.78, 5) is 0. The zero-order valence-electron chi connectivity index (χ0n) is 9.16. The summed E-state index contributed by atoms with van der Waals surface area (Å²) in [5, 5.41) is 9.51. The molecule has 0 spiro atoms. The molecular formula is C14H12ClFO. The first-order valence-corrected chi connectivity index (χ1v) is 5.74. The van der Waals surface area contributed by atoms with Crippen molar-refractivity contribution in [2.45, 2.75) is 6.42 Å². The Bertz CT molecular complexity index is 525. The Morgan fingerprint density at radius 2 is 1.82 bits per heavy atom. The normalized spacial score (nSPS) is 10.5. The molecule has 1 nitrogen and oxygen atoms in total. The SMILES string of the molecule is OCCc1cc(-c2cccc(Cl)c2)ccc1F. The van der Waals surface area contributed by atoms with Gasteiger partial charge in [-0.25, -0.2) is 4.39 Å². The van der Waals surface area contributed by atoms with Crippen LogP contribution in [0.4, 0.5) is 4.39 Å². The van der Waals surface area contributed by atoms with Crippen LogP contribution in [0.15, 0.2) is 42.5 Å². The van der Waals surface area contributed by atoms with Crippen molar-refractivity contribution in [3.63, 3.8) is 0 Å². The van der Waals surface area contributed by atoms with E-state index in [1.54, 1.807) is 18.2 Å². The van der Waals surface area contributed by atoms with E-state index in [9.17, 15) is 4.39 Å². The molecular weight excluding hydrogens is 239 g/mol. The van der Waals surface area contributed by atoms with Gasteiger partial charge in [-0.15, -0.1) is 0 Å². The van der Waals surface area contributed by atoms with Gasteiger partial charge in [0.05, 0.1) is 0 Å². The van der Waals surface area contributed by atoms with Crippen LogP contribution in [0.3, 0.4) is 0 Å². The monoisotopic (exact) mass is 250 g/mol. The van der Waals surface area contributed by atoms with Gasteiger partial charge in [0.2, 0.25) is 0 Å². The fraction of sp³-hybridized carbons (Fsp3) is 0.143. The van der Waals surface area contributed by atoms with Crippen molar-refractivity contribution in [1.29, 1.82) is 0 Å². The van der Waals surface area contributed by atoms with Gasteiger partial charge in [-0.2, -0.15) is 0 Å². The molecule has 0 saturated carbocycles. The Balaban J connectivity index is 2.42. The molecule has 0 aromatic heterocycles. The van der Waals surface area contributed by atoms with E-state index in [1.165, 1.54) is 6.07 Å². The summed E-state index contributed by atoms with van der Waals surface area (Å²) >= 11 is 5.91. The Kier molecular flexibility index (Phi) is 3.77. The molecule has 0 heterocycles. The molecule has 88 valence electrons. The summed E-state index contributed by atoms with van der Waals surface area (Å²) in [6.45, 7) is -0.0596. The van der Waals surface area contributed by atoms with E-state index in [2.05, 4.69) is 0 Å². The van der Waals surface area contributed by atoms with Gasteiger partial charge in [0.1, 0.15) is 5.82 Å². The largest absolute Gasteiger partial charge is 0.396 e. The number of aliphatic hydroxyl groups is 1. The lowest BCUT2D eigenvalue weighted by Crippen LogP contribution is -1.95. The average molecular weight is 251 g/mol. The van der Waals surface area contributed by atoms with Crippen LogP contribution in [-0.4, -0.2) is 11.7 Å². The summed E-state index contributed by atoms with van der Waals surface area (Å²) in [5.74, 6) is -0.287. The van der Waals surface area contributed by atoms with Gasteiger partial charge in [0.15, 0.2) is 0 Å². The second-order valence-corrected chi connectivity index (χ2v) is 4.23. The predicted octanol–water partition coefficient (Wildman–Crippen LogP) is 3.68. The van der Waals surface area contributed by atoms with Crippen molar-refractivity contribution in [2.75, 3.05) is 6.61 Å². The fourth-order valence-electron chi connectivity index (χ4n) is 1.73. The maximum atomic E-state index is 13.4. The first kappa shape index (κ1) is 12.1. The van der Waals surface area contributed by atoms with Crippen LogP contribution >= 0.6 is 11.6 Å². The van der Waals surface area contributed by atoms with E-state index in [-0.39, 0.29) is 12.4 Å². The molecule has 2 aromatic carbocycles. The lowest BCUT2D eigenvalue weighted by atomic mass is 10.0. The Labute approximate surface area is 104 Å². The highest BCUT2D eigenvalue weighted by Gasteiger charge is 2.05. The highest BCUT2D eigenvalue weighted by molar-refractivity contribution is 6.30. The van der Waals surface area contributed by atoms with Gasteiger partial charge in [-0.1, -0.05) is 29.8 Å². The highest BCUT2D eigenvalue weighted by Crippen LogP contribution is 2.24. The minimum absolute atomic E-state index is 0.0596. The van der Waals surface area contributed by atoms with Crippen LogP contribution in [0.1, 0.15) is 5.56 Å². The van der Waals surface area contributed by atoms with Gasteiger partial charge in [-0.3, -0.25) is 0 Å². The van der Waals surface area contributed by atoms with Crippen molar-refractivity contribution in [3.8, 4) is 11.1 Å². The molecule has 2 aromatic rings. The molecule has 3 heteroatoms. The minimum Gasteiger partial charge on any atom is -0.396 e. The smallest absolute Gasteiger partial charge is 0.126 e. The summed E-state index contributed by atoms with van der Waals surface area (Å²) < 4.78 is 13.4. The molecule has 0 bridgehead atoms. The number of rotatable bonds is 3. The maximum absolute atomic E-state index is 13.4. The van der Waals surface area contributed by atoms with Crippen LogP contribution in [0.2, 0.25) is 5.02 Å². The van der Waals surface area contributed by atoms with Crippen LogP contribution in [0.25, 0.3) is 11.1 Å². The molecule has 0 fully saturated rings. The molecule has 0 amide bonds. The quantitative estimate of drug-likeness (QED) is 0.881. The molecule has 0 unspecified atom stereocenters. The molecule has 17 heavy (non-hydrogen) atoms. The Hall–Kier alpha value is -1.38. The zero-order chi connectivity index (χ0) is 12.3. The summed E-state index contributed by atoms with van der Waals surface area (Å²) in [6.07, 6.45) is 0.320. The second kappa shape index (κ2) is 5.30. The van der Waals surface area contributed by atoms with E-state index in [4.69, 9.17) is 16.7 Å². The fourth-order valence-corrected chi connectivity index (χ4v) is 1.92. The zero-order valence-corrected chi connectivity index (χ0v) is 9.91. The van der Waals surface area contributed by atoms with Crippen LogP contribution in [0.5, 0.6) is 0 Å². The number of benzene rings is 2. The molecule has 1 N–H and O–H groups in total. The molecule has 0 radical (unpaired) electrons. The number of hydrogen-bond donors (Lipinski definition) is 1. The van der Waals surface area contributed by atoms with Crippen molar-refractivity contribution in [2.24, 2.45) is 0 Å². The summed E-state index contributed by atoms with van der Waals surface area (Å²) in [6, 6.07) is 12.3. The highest BCUT2D eigenvalue weighted by atomic mass is 35.5. The van der Waals surface area contributed by atoms with E-state index < -0.39 is 0 Å². The number of hydrogen-bond acceptors (Lipinski definition) is 1. The van der Waals surface area contributed by atoms with Crippen molar-refractivity contribution >= 4 is 11.6 Å². The minimum atomic E-state index is -0.287. The van der Waals surface area contributed by atoms with Crippen molar-refractivity contribution in [3.05, 3.63) is 58.9 Å². The molecule has 0 aliphatic rings. The molecule has 2 rings (SSSR count). The first-order valence-electron chi connectivity index (χ1n) is 5.36. The van der Waals surface area contributed by atoms with Gasteiger partial charge in [0, 0.05) is 11.6 Å². The molecule has 0 aliphatic carbocycles. The molecule has 0 aliphatic heterocycles. The van der Waals surface area contributed by atoms with Gasteiger partial charge >= 0.3 is 0 Å². The lowest BCUT2D eigenvalue weighted by molar-refractivity contribution is 0.297. The predicted molar refractivity (Wildman–Crippen MR) is 67.6 cm³/mol. The van der Waals surface area contributed by atoms with Crippen molar-refractivity contribution < 1.29 is 9.50 Å². The van der Waals surface area contributed by atoms with E-state index in [1.807, 2.05) is 18.2 Å². The first-order chi connectivity index (χ1) is 8.20. The van der Waals surface area contributed by atoms with Gasteiger partial charge < -0.3 is 5.11 Å². The van der Waals surface area contributed by atoms with Gasteiger partial charge in [-0.05, 0) is 47.4 Å². The third-order valence-corrected chi connectivity index (χ3v) is 2.82. The maximum Gasteiger partial charge on any atom is 0.126 e. The Morgan fingerprint density at radius 3 is 2.53 bits per heavy atom. The number of aliphatic hydroxyl groups excluding tert-OH is 1.